The Bertz CT molecular complexity index is 1460. The van der Waals surface area contributed by atoms with Crippen molar-refractivity contribution >= 4 is 23.2 Å². The van der Waals surface area contributed by atoms with E-state index in [0.717, 1.165) is 52.1 Å². The predicted molar refractivity (Wildman–Crippen MR) is 168 cm³/mol. The molecule has 0 saturated carbocycles. The van der Waals surface area contributed by atoms with Gasteiger partial charge in [-0.15, -0.1) is 6.58 Å². The highest BCUT2D eigenvalue weighted by atomic mass is 35.5. The number of carbonyl (C=O) groups is 2. The number of Topliss-reactive ketones (excluding diaryl/α,β-unsaturated/α-hetero) is 2. The largest absolute Gasteiger partial charge is 0.490 e. The third-order valence-electron chi connectivity index (χ3n) is 8.60. The summed E-state index contributed by atoms with van der Waals surface area (Å²) in [6.45, 7) is 15.3. The average molecular weight is 588 g/mol. The van der Waals surface area contributed by atoms with Crippen molar-refractivity contribution in [2.75, 3.05) is 13.7 Å². The highest BCUT2D eigenvalue weighted by Crippen LogP contribution is 2.54. The van der Waals surface area contributed by atoms with E-state index in [4.69, 9.17) is 21.1 Å². The van der Waals surface area contributed by atoms with E-state index in [9.17, 15) is 9.59 Å². The summed E-state index contributed by atoms with van der Waals surface area (Å²) >= 11 is 6.22. The van der Waals surface area contributed by atoms with Crippen molar-refractivity contribution in [1.29, 1.82) is 0 Å². The van der Waals surface area contributed by atoms with Crippen LogP contribution in [-0.4, -0.2) is 30.1 Å². The number of halogens is 1. The van der Waals surface area contributed by atoms with Gasteiger partial charge < -0.3 is 14.4 Å². The van der Waals surface area contributed by atoms with Crippen LogP contribution in [0.4, 0.5) is 0 Å². The standard InChI is InChI=1S/C36H42ClNO4/c1-8-11-23-15-24(16-30(41-9-2)34(23)42-21-22-12-10-13-25(37)14-22)31-32-26(17-35(3,4)19-28(32)39)38(7)27-18-36(5,6)20-29(40)33(27)31/h8,10,12-16,31H,1,9,11,17-21H2,2-7H3. The van der Waals surface area contributed by atoms with Crippen molar-refractivity contribution < 1.29 is 19.1 Å². The minimum absolute atomic E-state index is 0.117. The van der Waals surface area contributed by atoms with E-state index < -0.39 is 5.92 Å². The second-order valence-electron chi connectivity index (χ2n) is 13.4. The van der Waals surface area contributed by atoms with Crippen LogP contribution in [0.2, 0.25) is 5.02 Å². The summed E-state index contributed by atoms with van der Waals surface area (Å²) in [5.41, 5.74) is 6.02. The van der Waals surface area contributed by atoms with Crippen molar-refractivity contribution in [2.24, 2.45) is 10.8 Å². The number of ketones is 2. The summed E-state index contributed by atoms with van der Waals surface area (Å²) in [5, 5.41) is 0.652. The van der Waals surface area contributed by atoms with Crippen LogP contribution in [0.1, 0.15) is 82.9 Å². The molecule has 0 N–H and O–H groups in total. The molecule has 0 saturated heterocycles. The molecule has 6 heteroatoms. The lowest BCUT2D eigenvalue weighted by molar-refractivity contribution is -0.119. The topological polar surface area (TPSA) is 55.8 Å². The molecule has 42 heavy (non-hydrogen) atoms. The van der Waals surface area contributed by atoms with Gasteiger partial charge in [0.25, 0.3) is 0 Å². The van der Waals surface area contributed by atoms with Gasteiger partial charge >= 0.3 is 0 Å². The fraction of sp³-hybridized carbons (Fsp3) is 0.444. The lowest BCUT2D eigenvalue weighted by atomic mass is 9.63. The Hall–Kier alpha value is -3.31. The highest BCUT2D eigenvalue weighted by molar-refractivity contribution is 6.30. The van der Waals surface area contributed by atoms with E-state index in [1.165, 1.54) is 0 Å². The zero-order valence-electron chi connectivity index (χ0n) is 25.7. The van der Waals surface area contributed by atoms with E-state index in [0.29, 0.717) is 49.0 Å². The molecule has 0 fully saturated rings. The smallest absolute Gasteiger partial charge is 0.165 e. The first-order valence-electron chi connectivity index (χ1n) is 14.9. The number of nitrogens with zero attached hydrogens (tertiary/aromatic N) is 1. The molecule has 2 aromatic rings. The van der Waals surface area contributed by atoms with Crippen molar-refractivity contribution in [2.45, 2.75) is 79.2 Å². The number of rotatable bonds is 8. The molecule has 222 valence electrons. The molecule has 2 aliphatic carbocycles. The fourth-order valence-electron chi connectivity index (χ4n) is 6.86. The summed E-state index contributed by atoms with van der Waals surface area (Å²) in [5.74, 6) is 1.04. The maximum Gasteiger partial charge on any atom is 0.165 e. The number of allylic oxidation sites excluding steroid dienone is 5. The van der Waals surface area contributed by atoms with Crippen LogP contribution in [0.3, 0.4) is 0 Å². The van der Waals surface area contributed by atoms with Crippen LogP contribution in [0.25, 0.3) is 0 Å². The monoisotopic (exact) mass is 587 g/mol. The first-order valence-corrected chi connectivity index (χ1v) is 15.3. The van der Waals surface area contributed by atoms with Crippen LogP contribution in [0.15, 0.2) is 71.6 Å². The molecule has 1 aliphatic heterocycles. The molecular weight excluding hydrogens is 546 g/mol. The third kappa shape index (κ3) is 5.81. The van der Waals surface area contributed by atoms with Gasteiger partial charge in [0.1, 0.15) is 6.61 Å². The number of hydrogen-bond acceptors (Lipinski definition) is 5. The lowest BCUT2D eigenvalue weighted by Gasteiger charge is -2.48. The van der Waals surface area contributed by atoms with Gasteiger partial charge in [-0.3, -0.25) is 9.59 Å². The fourth-order valence-corrected chi connectivity index (χ4v) is 7.08. The average Bonchev–Trinajstić information content (AvgIpc) is 2.88. The molecule has 0 atom stereocenters. The van der Waals surface area contributed by atoms with Gasteiger partial charge in [0.05, 0.1) is 6.61 Å². The Morgan fingerprint density at radius 2 is 1.57 bits per heavy atom. The van der Waals surface area contributed by atoms with Crippen LogP contribution in [0, 0.1) is 10.8 Å². The van der Waals surface area contributed by atoms with Gasteiger partial charge in [-0.25, -0.2) is 0 Å². The second kappa shape index (κ2) is 11.4. The minimum Gasteiger partial charge on any atom is -0.490 e. The quantitative estimate of drug-likeness (QED) is 0.290. The number of benzene rings is 2. The minimum atomic E-state index is -0.442. The summed E-state index contributed by atoms with van der Waals surface area (Å²) in [6, 6.07) is 11.7. The summed E-state index contributed by atoms with van der Waals surface area (Å²) in [4.78, 5) is 30.1. The molecule has 0 unspecified atom stereocenters. The molecular formula is C36H42ClNO4. The van der Waals surface area contributed by atoms with Crippen molar-refractivity contribution in [1.82, 2.24) is 4.90 Å². The molecule has 0 bridgehead atoms. The van der Waals surface area contributed by atoms with Gasteiger partial charge in [-0.05, 0) is 66.3 Å². The molecule has 0 radical (unpaired) electrons. The molecule has 0 spiro atoms. The van der Waals surface area contributed by atoms with E-state index in [-0.39, 0.29) is 22.4 Å². The van der Waals surface area contributed by atoms with E-state index >= 15 is 0 Å². The van der Waals surface area contributed by atoms with Gasteiger partial charge in [-0.2, -0.15) is 0 Å². The van der Waals surface area contributed by atoms with Gasteiger partial charge in [-0.1, -0.05) is 63.6 Å². The predicted octanol–water partition coefficient (Wildman–Crippen LogP) is 8.36. The zero-order chi connectivity index (χ0) is 30.4. The first-order chi connectivity index (χ1) is 19.8. The second-order valence-corrected chi connectivity index (χ2v) is 13.9. The number of hydrogen-bond donors (Lipinski definition) is 0. The summed E-state index contributed by atoms with van der Waals surface area (Å²) in [7, 11) is 2.03. The molecule has 0 amide bonds. The van der Waals surface area contributed by atoms with Crippen LogP contribution in [0.5, 0.6) is 11.5 Å². The number of carbonyl (C=O) groups excluding carboxylic acids is 2. The Balaban J connectivity index is 1.69. The van der Waals surface area contributed by atoms with Gasteiger partial charge in [0.2, 0.25) is 0 Å². The molecule has 0 aromatic heterocycles. The van der Waals surface area contributed by atoms with E-state index in [1.54, 1.807) is 0 Å². The molecule has 1 heterocycles. The Morgan fingerprint density at radius 3 is 2.12 bits per heavy atom. The first kappa shape index (κ1) is 30.2. The highest BCUT2D eigenvalue weighted by Gasteiger charge is 2.48. The van der Waals surface area contributed by atoms with Crippen LogP contribution >= 0.6 is 11.6 Å². The SMILES string of the molecule is C=CCc1cc(C2C3=C(CC(C)(C)CC3=O)N(C)C3=C2C(=O)CC(C)(C)C3)cc(OCC)c1OCc1cccc(Cl)c1. The van der Waals surface area contributed by atoms with Gasteiger partial charge in [0, 0.05) is 58.9 Å². The molecule has 3 aliphatic rings. The Kier molecular flexibility index (Phi) is 8.19. The maximum atomic E-state index is 14.0. The zero-order valence-corrected chi connectivity index (χ0v) is 26.5. The van der Waals surface area contributed by atoms with Crippen molar-refractivity contribution in [3.8, 4) is 11.5 Å². The molecule has 5 rings (SSSR count). The normalized spacial score (nSPS) is 19.9. The van der Waals surface area contributed by atoms with Crippen molar-refractivity contribution in [3.63, 3.8) is 0 Å². The molecule has 2 aromatic carbocycles. The third-order valence-corrected chi connectivity index (χ3v) is 8.84. The Morgan fingerprint density at radius 1 is 0.952 bits per heavy atom. The maximum absolute atomic E-state index is 14.0. The van der Waals surface area contributed by atoms with Crippen LogP contribution < -0.4 is 9.47 Å². The van der Waals surface area contributed by atoms with E-state index in [2.05, 4.69) is 45.2 Å². The van der Waals surface area contributed by atoms with Gasteiger partial charge in [0.15, 0.2) is 23.1 Å². The summed E-state index contributed by atoms with van der Waals surface area (Å²) < 4.78 is 12.6. The Labute approximate surface area is 255 Å². The summed E-state index contributed by atoms with van der Waals surface area (Å²) in [6.07, 6.45) is 4.86. The number of ether oxygens (including phenoxy) is 2. The van der Waals surface area contributed by atoms with Crippen LogP contribution in [-0.2, 0) is 22.6 Å². The lowest BCUT2D eigenvalue weighted by Crippen LogP contribution is -2.43. The van der Waals surface area contributed by atoms with Crippen molar-refractivity contribution in [3.05, 3.63) is 93.3 Å². The molecule has 5 nitrogen and oxygen atoms in total. The van der Waals surface area contributed by atoms with E-state index in [1.807, 2.05) is 50.4 Å².